The van der Waals surface area contributed by atoms with Crippen molar-refractivity contribution >= 4 is 21.9 Å². The van der Waals surface area contributed by atoms with Crippen LogP contribution in [0.3, 0.4) is 0 Å². The second kappa shape index (κ2) is 5.13. The van der Waals surface area contributed by atoms with Crippen molar-refractivity contribution < 1.29 is 9.90 Å². The van der Waals surface area contributed by atoms with Gasteiger partial charge in [-0.05, 0) is 36.6 Å². The molecule has 2 aromatic rings. The minimum Gasteiger partial charge on any atom is -0.476 e. The molecule has 0 bridgehead atoms. The van der Waals surface area contributed by atoms with Crippen LogP contribution in [0.25, 0.3) is 5.69 Å². The monoisotopic (exact) mass is 323 g/mol. The van der Waals surface area contributed by atoms with Gasteiger partial charge in [0.1, 0.15) is 0 Å². The maximum absolute atomic E-state index is 11.2. The Kier molecular flexibility index (Phi) is 3.71. The van der Waals surface area contributed by atoms with Crippen molar-refractivity contribution in [1.82, 2.24) is 15.0 Å². The van der Waals surface area contributed by atoms with Gasteiger partial charge < -0.3 is 5.11 Å². The highest BCUT2D eigenvalue weighted by Gasteiger charge is 2.22. The second-order valence-electron chi connectivity index (χ2n) is 4.63. The van der Waals surface area contributed by atoms with Crippen LogP contribution in [0, 0.1) is 6.92 Å². The molecule has 19 heavy (non-hydrogen) atoms. The molecule has 1 heterocycles. The van der Waals surface area contributed by atoms with Gasteiger partial charge >= 0.3 is 5.97 Å². The Morgan fingerprint density at radius 3 is 2.63 bits per heavy atom. The summed E-state index contributed by atoms with van der Waals surface area (Å²) in [5.74, 6) is -1.03. The molecule has 0 fully saturated rings. The van der Waals surface area contributed by atoms with Crippen LogP contribution in [0.4, 0.5) is 0 Å². The highest BCUT2D eigenvalue weighted by Crippen LogP contribution is 2.25. The fourth-order valence-corrected chi connectivity index (χ4v) is 2.47. The zero-order valence-electron chi connectivity index (χ0n) is 10.9. The number of aromatic nitrogens is 3. The zero-order chi connectivity index (χ0) is 14.2. The first kappa shape index (κ1) is 13.7. The van der Waals surface area contributed by atoms with Crippen LogP contribution in [-0.2, 0) is 0 Å². The average molecular weight is 324 g/mol. The van der Waals surface area contributed by atoms with Gasteiger partial charge in [-0.25, -0.2) is 9.48 Å². The third-order valence-corrected chi connectivity index (χ3v) is 3.33. The summed E-state index contributed by atoms with van der Waals surface area (Å²) in [5, 5.41) is 16.9. The number of carboxylic acids is 1. The van der Waals surface area contributed by atoms with Gasteiger partial charge in [0.15, 0.2) is 5.69 Å². The van der Waals surface area contributed by atoms with Crippen molar-refractivity contribution in [3.63, 3.8) is 0 Å². The number of aromatic carboxylic acids is 1. The zero-order valence-corrected chi connectivity index (χ0v) is 12.5. The van der Waals surface area contributed by atoms with Crippen molar-refractivity contribution in [1.29, 1.82) is 0 Å². The van der Waals surface area contributed by atoms with E-state index in [1.807, 2.05) is 39.0 Å². The molecule has 0 unspecified atom stereocenters. The van der Waals surface area contributed by atoms with Gasteiger partial charge in [0.2, 0.25) is 0 Å². The molecule has 0 atom stereocenters. The van der Waals surface area contributed by atoms with Crippen LogP contribution >= 0.6 is 15.9 Å². The number of carbonyl (C=O) groups is 1. The fourth-order valence-electron chi connectivity index (χ4n) is 1.99. The first-order chi connectivity index (χ1) is 8.91. The van der Waals surface area contributed by atoms with Crippen LogP contribution in [0.5, 0.6) is 0 Å². The van der Waals surface area contributed by atoms with Crippen molar-refractivity contribution in [2.24, 2.45) is 0 Å². The molecule has 0 radical (unpaired) electrons. The van der Waals surface area contributed by atoms with Crippen LogP contribution in [-0.4, -0.2) is 26.1 Å². The molecular formula is C13H14BrN3O2. The number of nitrogens with zero attached hydrogens (tertiary/aromatic N) is 3. The van der Waals surface area contributed by atoms with Crippen molar-refractivity contribution in [3.8, 4) is 5.69 Å². The molecule has 6 heteroatoms. The van der Waals surface area contributed by atoms with Gasteiger partial charge in [0.25, 0.3) is 0 Å². The molecular weight excluding hydrogens is 310 g/mol. The Morgan fingerprint density at radius 2 is 2.11 bits per heavy atom. The molecule has 1 aromatic heterocycles. The summed E-state index contributed by atoms with van der Waals surface area (Å²) in [4.78, 5) is 11.2. The quantitative estimate of drug-likeness (QED) is 0.942. The SMILES string of the molecule is Cc1cc(Br)ccc1-n1nnc(C(=O)O)c1C(C)C. The molecule has 1 aromatic carbocycles. The lowest BCUT2D eigenvalue weighted by atomic mass is 10.1. The number of benzene rings is 1. The van der Waals surface area contributed by atoms with Crippen molar-refractivity contribution in [2.75, 3.05) is 0 Å². The van der Waals surface area contributed by atoms with Crippen molar-refractivity contribution in [3.05, 3.63) is 39.6 Å². The highest BCUT2D eigenvalue weighted by molar-refractivity contribution is 9.10. The number of hydrogen-bond acceptors (Lipinski definition) is 3. The Balaban J connectivity index is 2.65. The first-order valence-corrected chi connectivity index (χ1v) is 6.66. The highest BCUT2D eigenvalue weighted by atomic mass is 79.9. The summed E-state index contributed by atoms with van der Waals surface area (Å²) >= 11 is 3.41. The van der Waals surface area contributed by atoms with E-state index in [4.69, 9.17) is 5.11 Å². The van der Waals surface area contributed by atoms with E-state index in [2.05, 4.69) is 26.2 Å². The normalized spacial score (nSPS) is 11.0. The van der Waals surface area contributed by atoms with Crippen LogP contribution in [0.15, 0.2) is 22.7 Å². The van der Waals surface area contributed by atoms with Gasteiger partial charge in [-0.15, -0.1) is 5.10 Å². The number of carboxylic acid groups (broad SMARTS) is 1. The summed E-state index contributed by atoms with van der Waals surface area (Å²) in [7, 11) is 0. The number of aryl methyl sites for hydroxylation is 1. The summed E-state index contributed by atoms with van der Waals surface area (Å²) in [6, 6.07) is 5.75. The molecule has 100 valence electrons. The lowest BCUT2D eigenvalue weighted by Gasteiger charge is -2.12. The van der Waals surface area contributed by atoms with E-state index in [9.17, 15) is 4.79 Å². The third kappa shape index (κ3) is 2.53. The van der Waals surface area contributed by atoms with Gasteiger partial charge in [-0.2, -0.15) is 0 Å². The summed E-state index contributed by atoms with van der Waals surface area (Å²) in [5.41, 5.74) is 2.46. The Labute approximate surface area is 119 Å². The van der Waals surface area contributed by atoms with E-state index < -0.39 is 5.97 Å². The minimum absolute atomic E-state index is 0.0114. The minimum atomic E-state index is -1.05. The van der Waals surface area contributed by atoms with Crippen LogP contribution in [0.2, 0.25) is 0 Å². The lowest BCUT2D eigenvalue weighted by Crippen LogP contribution is -2.09. The summed E-state index contributed by atoms with van der Waals surface area (Å²) < 4.78 is 2.58. The molecule has 0 aliphatic heterocycles. The largest absolute Gasteiger partial charge is 0.476 e. The third-order valence-electron chi connectivity index (χ3n) is 2.84. The van der Waals surface area contributed by atoms with Crippen molar-refractivity contribution in [2.45, 2.75) is 26.7 Å². The van der Waals surface area contributed by atoms with Gasteiger partial charge in [0, 0.05) is 4.47 Å². The Hall–Kier alpha value is -1.69. The van der Waals surface area contributed by atoms with Crippen LogP contribution in [0.1, 0.15) is 41.5 Å². The summed E-state index contributed by atoms with van der Waals surface area (Å²) in [6.45, 7) is 5.80. The maximum atomic E-state index is 11.2. The van der Waals surface area contributed by atoms with E-state index in [0.29, 0.717) is 5.69 Å². The van der Waals surface area contributed by atoms with E-state index in [1.54, 1.807) is 4.68 Å². The van der Waals surface area contributed by atoms with Gasteiger partial charge in [-0.1, -0.05) is 35.0 Å². The maximum Gasteiger partial charge on any atom is 0.358 e. The molecule has 0 aliphatic rings. The van der Waals surface area contributed by atoms with Crippen LogP contribution < -0.4 is 0 Å². The number of hydrogen-bond donors (Lipinski definition) is 1. The Bertz CT molecular complexity index is 635. The molecule has 0 aliphatic carbocycles. The fraction of sp³-hybridized carbons (Fsp3) is 0.308. The van der Waals surface area contributed by atoms with E-state index in [1.165, 1.54) is 0 Å². The average Bonchev–Trinajstić information content (AvgIpc) is 2.73. The number of rotatable bonds is 3. The standard InChI is InChI=1S/C13H14BrN3O2/c1-7(2)12-11(13(18)19)15-16-17(12)10-5-4-9(14)6-8(10)3/h4-7H,1-3H3,(H,18,19). The topological polar surface area (TPSA) is 68.0 Å². The predicted molar refractivity (Wildman–Crippen MR) is 74.8 cm³/mol. The molecule has 2 rings (SSSR count). The van der Waals surface area contributed by atoms with Gasteiger partial charge in [0.05, 0.1) is 11.4 Å². The summed E-state index contributed by atoms with van der Waals surface area (Å²) in [6.07, 6.45) is 0. The Morgan fingerprint density at radius 1 is 1.42 bits per heavy atom. The molecule has 5 nitrogen and oxygen atoms in total. The number of halogens is 1. The van der Waals surface area contributed by atoms with E-state index in [0.717, 1.165) is 15.7 Å². The first-order valence-electron chi connectivity index (χ1n) is 5.87. The second-order valence-corrected chi connectivity index (χ2v) is 5.54. The molecule has 0 amide bonds. The molecule has 1 N–H and O–H groups in total. The van der Waals surface area contributed by atoms with E-state index in [-0.39, 0.29) is 11.6 Å². The predicted octanol–water partition coefficient (Wildman–Crippen LogP) is 3.16. The smallest absolute Gasteiger partial charge is 0.358 e. The lowest BCUT2D eigenvalue weighted by molar-refractivity contribution is 0.0688. The van der Waals surface area contributed by atoms with E-state index >= 15 is 0 Å². The molecule has 0 saturated carbocycles. The van der Waals surface area contributed by atoms with Gasteiger partial charge in [-0.3, -0.25) is 0 Å². The molecule has 0 saturated heterocycles. The molecule has 0 spiro atoms.